The van der Waals surface area contributed by atoms with Gasteiger partial charge < -0.3 is 10.6 Å². The minimum atomic E-state index is 0.110. The lowest BCUT2D eigenvalue weighted by Gasteiger charge is -2.29. The van der Waals surface area contributed by atoms with Crippen molar-refractivity contribution < 1.29 is 4.79 Å². The molecule has 1 amide bonds. The third kappa shape index (κ3) is 5.17. The predicted octanol–water partition coefficient (Wildman–Crippen LogP) is 1.68. The van der Waals surface area contributed by atoms with Crippen LogP contribution in [0.25, 0.3) is 0 Å². The molecule has 15 heavy (non-hydrogen) atoms. The number of nitrogens with one attached hydrogen (secondary N) is 2. The minimum Gasteiger partial charge on any atom is -0.354 e. The Labute approximate surface area is 93.0 Å². The van der Waals surface area contributed by atoms with Crippen molar-refractivity contribution >= 4 is 5.91 Å². The van der Waals surface area contributed by atoms with Gasteiger partial charge in [0.2, 0.25) is 5.91 Å². The highest BCUT2D eigenvalue weighted by Crippen LogP contribution is 2.23. The van der Waals surface area contributed by atoms with Crippen LogP contribution in [-0.2, 0) is 4.79 Å². The topological polar surface area (TPSA) is 41.1 Å². The van der Waals surface area contributed by atoms with Gasteiger partial charge in [0.05, 0.1) is 0 Å². The summed E-state index contributed by atoms with van der Waals surface area (Å²) in [6, 6.07) is 1.01. The Morgan fingerprint density at radius 2 is 1.87 bits per heavy atom. The van der Waals surface area contributed by atoms with Gasteiger partial charge in [-0.25, -0.2) is 0 Å². The number of carbonyl (C=O) groups is 1. The molecule has 1 aliphatic rings. The molecule has 2 N–H and O–H groups in total. The van der Waals surface area contributed by atoms with Crippen LogP contribution in [0.4, 0.5) is 0 Å². The Balaban J connectivity index is 2.15. The summed E-state index contributed by atoms with van der Waals surface area (Å²) in [5, 5.41) is 6.49. The van der Waals surface area contributed by atoms with Gasteiger partial charge in [0.15, 0.2) is 0 Å². The summed E-state index contributed by atoms with van der Waals surface area (Å²) in [4.78, 5) is 10.9. The molecule has 0 aromatic carbocycles. The Morgan fingerprint density at radius 3 is 2.33 bits per heavy atom. The SMILES string of the molecule is CC(=O)N[C@H]1CC[C@H](CNC(C)C)CC1. The summed E-state index contributed by atoms with van der Waals surface area (Å²) in [6.07, 6.45) is 4.77. The first-order valence-corrected chi connectivity index (χ1v) is 6.08. The number of carbonyl (C=O) groups excluding carboxylic acids is 1. The number of amides is 1. The first-order chi connectivity index (χ1) is 7.08. The summed E-state index contributed by atoms with van der Waals surface area (Å²) in [7, 11) is 0. The van der Waals surface area contributed by atoms with Crippen molar-refractivity contribution in [2.24, 2.45) is 5.92 Å². The van der Waals surface area contributed by atoms with Crippen LogP contribution in [0.2, 0.25) is 0 Å². The van der Waals surface area contributed by atoms with E-state index in [-0.39, 0.29) is 5.91 Å². The third-order valence-electron chi connectivity index (χ3n) is 3.07. The molecule has 1 aliphatic carbocycles. The van der Waals surface area contributed by atoms with Crippen LogP contribution < -0.4 is 10.6 Å². The molecule has 0 radical (unpaired) electrons. The highest BCUT2D eigenvalue weighted by atomic mass is 16.1. The van der Waals surface area contributed by atoms with Gasteiger partial charge in [-0.1, -0.05) is 13.8 Å². The highest BCUT2D eigenvalue weighted by Gasteiger charge is 2.21. The zero-order valence-corrected chi connectivity index (χ0v) is 10.2. The van der Waals surface area contributed by atoms with Crippen LogP contribution in [0, 0.1) is 5.92 Å². The van der Waals surface area contributed by atoms with E-state index >= 15 is 0 Å². The molecule has 0 aromatic heterocycles. The smallest absolute Gasteiger partial charge is 0.217 e. The van der Waals surface area contributed by atoms with E-state index in [0.29, 0.717) is 12.1 Å². The second-order valence-electron chi connectivity index (χ2n) is 4.98. The van der Waals surface area contributed by atoms with Crippen molar-refractivity contribution in [1.82, 2.24) is 10.6 Å². The Morgan fingerprint density at radius 1 is 1.27 bits per heavy atom. The van der Waals surface area contributed by atoms with Crippen LogP contribution in [0.1, 0.15) is 46.5 Å². The number of rotatable bonds is 4. The van der Waals surface area contributed by atoms with Gasteiger partial charge in [-0.2, -0.15) is 0 Å². The molecular weight excluding hydrogens is 188 g/mol. The third-order valence-corrected chi connectivity index (χ3v) is 3.07. The van der Waals surface area contributed by atoms with Gasteiger partial charge in [0.25, 0.3) is 0 Å². The normalized spacial score (nSPS) is 26.7. The largest absolute Gasteiger partial charge is 0.354 e. The monoisotopic (exact) mass is 212 g/mol. The van der Waals surface area contributed by atoms with Gasteiger partial charge in [0.1, 0.15) is 0 Å². The summed E-state index contributed by atoms with van der Waals surface area (Å²) < 4.78 is 0. The van der Waals surface area contributed by atoms with Crippen molar-refractivity contribution in [1.29, 1.82) is 0 Å². The van der Waals surface area contributed by atoms with Crippen molar-refractivity contribution in [2.75, 3.05) is 6.54 Å². The molecule has 0 aromatic rings. The van der Waals surface area contributed by atoms with Crippen LogP contribution in [0.15, 0.2) is 0 Å². The van der Waals surface area contributed by atoms with Crippen molar-refractivity contribution in [3.63, 3.8) is 0 Å². The van der Waals surface area contributed by atoms with E-state index in [4.69, 9.17) is 0 Å². The standard InChI is InChI=1S/C12H24N2O/c1-9(2)13-8-11-4-6-12(7-5-11)14-10(3)15/h9,11-13H,4-8H2,1-3H3,(H,14,15)/t11-,12-. The van der Waals surface area contributed by atoms with E-state index in [1.165, 1.54) is 12.8 Å². The fourth-order valence-corrected chi connectivity index (χ4v) is 2.20. The first kappa shape index (κ1) is 12.5. The molecule has 1 rings (SSSR count). The van der Waals surface area contributed by atoms with E-state index in [2.05, 4.69) is 24.5 Å². The molecule has 0 atom stereocenters. The molecule has 3 heteroatoms. The van der Waals surface area contributed by atoms with Gasteiger partial charge in [0, 0.05) is 19.0 Å². The maximum atomic E-state index is 10.9. The van der Waals surface area contributed by atoms with Crippen molar-refractivity contribution in [3.05, 3.63) is 0 Å². The molecule has 0 unspecified atom stereocenters. The lowest BCUT2D eigenvalue weighted by molar-refractivity contribution is -0.119. The van der Waals surface area contributed by atoms with E-state index in [1.807, 2.05) is 0 Å². The second-order valence-corrected chi connectivity index (χ2v) is 4.98. The summed E-state index contributed by atoms with van der Waals surface area (Å²) >= 11 is 0. The molecule has 3 nitrogen and oxygen atoms in total. The average molecular weight is 212 g/mol. The van der Waals surface area contributed by atoms with Gasteiger partial charge in [-0.05, 0) is 38.1 Å². The van der Waals surface area contributed by atoms with Crippen molar-refractivity contribution in [3.8, 4) is 0 Å². The summed E-state index contributed by atoms with van der Waals surface area (Å²) in [5.41, 5.74) is 0. The average Bonchev–Trinajstić information content (AvgIpc) is 2.16. The lowest BCUT2D eigenvalue weighted by atomic mass is 9.86. The number of hydrogen-bond donors (Lipinski definition) is 2. The minimum absolute atomic E-state index is 0.110. The first-order valence-electron chi connectivity index (χ1n) is 6.08. The van der Waals surface area contributed by atoms with Crippen LogP contribution in [0.5, 0.6) is 0 Å². The quantitative estimate of drug-likeness (QED) is 0.744. The summed E-state index contributed by atoms with van der Waals surface area (Å²) in [5.74, 6) is 0.913. The molecule has 0 saturated heterocycles. The van der Waals surface area contributed by atoms with E-state index in [0.717, 1.165) is 25.3 Å². The Kier molecular flexibility index (Phi) is 5.09. The Bertz CT molecular complexity index is 196. The molecule has 1 fully saturated rings. The zero-order valence-electron chi connectivity index (χ0n) is 10.2. The lowest BCUT2D eigenvalue weighted by Crippen LogP contribution is -2.38. The van der Waals surface area contributed by atoms with Crippen LogP contribution in [0.3, 0.4) is 0 Å². The predicted molar refractivity (Wildman–Crippen MR) is 62.7 cm³/mol. The molecular formula is C12H24N2O. The fraction of sp³-hybridized carbons (Fsp3) is 0.917. The number of hydrogen-bond acceptors (Lipinski definition) is 2. The summed E-state index contributed by atoms with van der Waals surface area (Å²) in [6.45, 7) is 7.10. The van der Waals surface area contributed by atoms with E-state index in [9.17, 15) is 4.79 Å². The van der Waals surface area contributed by atoms with Crippen molar-refractivity contribution in [2.45, 2.75) is 58.5 Å². The molecule has 1 saturated carbocycles. The molecule has 0 aliphatic heterocycles. The van der Waals surface area contributed by atoms with Gasteiger partial charge in [-0.15, -0.1) is 0 Å². The zero-order chi connectivity index (χ0) is 11.3. The van der Waals surface area contributed by atoms with Gasteiger partial charge >= 0.3 is 0 Å². The van der Waals surface area contributed by atoms with E-state index < -0.39 is 0 Å². The Hall–Kier alpha value is -0.570. The van der Waals surface area contributed by atoms with E-state index in [1.54, 1.807) is 6.92 Å². The van der Waals surface area contributed by atoms with Crippen LogP contribution in [-0.4, -0.2) is 24.5 Å². The fourth-order valence-electron chi connectivity index (χ4n) is 2.20. The maximum Gasteiger partial charge on any atom is 0.217 e. The molecule has 88 valence electrons. The highest BCUT2D eigenvalue weighted by molar-refractivity contribution is 5.73. The molecule has 0 heterocycles. The van der Waals surface area contributed by atoms with Crippen LogP contribution >= 0.6 is 0 Å². The molecule has 0 bridgehead atoms. The molecule has 0 spiro atoms. The maximum absolute atomic E-state index is 10.9. The second kappa shape index (κ2) is 6.11. The van der Waals surface area contributed by atoms with Gasteiger partial charge in [-0.3, -0.25) is 4.79 Å².